The Morgan fingerprint density at radius 1 is 1.08 bits per heavy atom. The number of fused-ring (bicyclic) bond motifs is 1. The number of aryl methyl sites for hydroxylation is 3. The maximum atomic E-state index is 13.8. The van der Waals surface area contributed by atoms with Gasteiger partial charge in [0.2, 0.25) is 5.78 Å². The lowest BCUT2D eigenvalue weighted by Crippen LogP contribution is -2.31. The molecule has 5 rings (SSSR count). The number of aliphatic hydroxyl groups is 1. The van der Waals surface area contributed by atoms with E-state index in [1.807, 2.05) is 56.3 Å². The lowest BCUT2D eigenvalue weighted by molar-refractivity contribution is -0.117. The number of aromatic nitrogens is 2. The minimum Gasteiger partial charge on any atom is -0.503 e. The Bertz CT molecular complexity index is 1530. The van der Waals surface area contributed by atoms with Crippen molar-refractivity contribution in [3.8, 4) is 5.75 Å². The van der Waals surface area contributed by atoms with Gasteiger partial charge in [-0.15, -0.1) is 11.3 Å². The van der Waals surface area contributed by atoms with Crippen molar-refractivity contribution >= 4 is 49.7 Å². The third-order valence-corrected chi connectivity index (χ3v) is 8.35. The fourth-order valence-corrected chi connectivity index (χ4v) is 6.38. The third kappa shape index (κ3) is 4.65. The Balaban J connectivity index is 1.61. The smallest absolute Gasteiger partial charge is 0.296 e. The predicted molar refractivity (Wildman–Crippen MR) is 147 cm³/mol. The molecule has 1 N–H and O–H groups in total. The largest absolute Gasteiger partial charge is 0.503 e. The maximum Gasteiger partial charge on any atom is 0.296 e. The Labute approximate surface area is 223 Å². The SMILES string of the molecule is CCCCOc1ccc(C2C(C(=O)c3sc(C)nc3C)=C(O)C(=O)N2c2nc3ccc(C)cc3s2)cc1. The van der Waals surface area contributed by atoms with Crippen molar-refractivity contribution in [1.82, 2.24) is 9.97 Å². The van der Waals surface area contributed by atoms with Gasteiger partial charge in [0.15, 0.2) is 10.9 Å². The number of rotatable bonds is 8. The van der Waals surface area contributed by atoms with Gasteiger partial charge in [0, 0.05) is 0 Å². The maximum absolute atomic E-state index is 13.8. The number of amides is 1. The highest BCUT2D eigenvalue weighted by Gasteiger charge is 2.46. The summed E-state index contributed by atoms with van der Waals surface area (Å²) >= 11 is 2.61. The first kappa shape index (κ1) is 25.1. The van der Waals surface area contributed by atoms with Gasteiger partial charge in [0.05, 0.1) is 44.0 Å². The van der Waals surface area contributed by atoms with Crippen molar-refractivity contribution in [2.45, 2.75) is 46.6 Å². The Hall–Kier alpha value is -3.56. The van der Waals surface area contributed by atoms with Gasteiger partial charge < -0.3 is 9.84 Å². The van der Waals surface area contributed by atoms with Crippen molar-refractivity contribution < 1.29 is 19.4 Å². The van der Waals surface area contributed by atoms with Gasteiger partial charge in [-0.1, -0.05) is 42.9 Å². The molecule has 0 aliphatic carbocycles. The van der Waals surface area contributed by atoms with Gasteiger partial charge in [-0.2, -0.15) is 0 Å². The van der Waals surface area contributed by atoms with E-state index in [0.717, 1.165) is 33.6 Å². The normalized spacial score (nSPS) is 15.7. The number of hydrogen-bond donors (Lipinski definition) is 1. The van der Waals surface area contributed by atoms with Crippen LogP contribution < -0.4 is 9.64 Å². The number of anilines is 1. The molecule has 0 bridgehead atoms. The monoisotopic (exact) mass is 533 g/mol. The van der Waals surface area contributed by atoms with Crippen molar-refractivity contribution in [3.63, 3.8) is 0 Å². The molecule has 0 saturated heterocycles. The molecule has 1 atom stereocenters. The van der Waals surface area contributed by atoms with E-state index in [1.165, 1.54) is 27.6 Å². The summed E-state index contributed by atoms with van der Waals surface area (Å²) < 4.78 is 6.73. The van der Waals surface area contributed by atoms with Crippen LogP contribution in [0, 0.1) is 20.8 Å². The molecule has 0 saturated carbocycles. The average molecular weight is 534 g/mol. The zero-order valence-electron chi connectivity index (χ0n) is 21.1. The summed E-state index contributed by atoms with van der Waals surface area (Å²) in [4.78, 5) is 38.2. The van der Waals surface area contributed by atoms with Crippen LogP contribution in [0.2, 0.25) is 0 Å². The molecule has 3 heterocycles. The second kappa shape index (κ2) is 10.1. The van der Waals surface area contributed by atoms with Crippen LogP contribution in [0.15, 0.2) is 53.8 Å². The summed E-state index contributed by atoms with van der Waals surface area (Å²) in [5.74, 6) is -0.898. The number of nitrogens with zero attached hydrogens (tertiary/aromatic N) is 3. The van der Waals surface area contributed by atoms with Gasteiger partial charge in [-0.3, -0.25) is 14.5 Å². The molecule has 1 aliphatic rings. The average Bonchev–Trinajstić information content (AvgIpc) is 3.52. The van der Waals surface area contributed by atoms with Crippen LogP contribution in [-0.4, -0.2) is 33.4 Å². The fraction of sp³-hybridized carbons (Fsp3) is 0.286. The summed E-state index contributed by atoms with van der Waals surface area (Å²) in [5, 5.41) is 12.2. The zero-order valence-corrected chi connectivity index (χ0v) is 22.7. The topological polar surface area (TPSA) is 92.6 Å². The molecule has 37 heavy (non-hydrogen) atoms. The highest BCUT2D eigenvalue weighted by molar-refractivity contribution is 7.22. The number of ketones is 1. The van der Waals surface area contributed by atoms with E-state index >= 15 is 0 Å². The number of carbonyl (C=O) groups excluding carboxylic acids is 2. The molecule has 2 aromatic carbocycles. The van der Waals surface area contributed by atoms with Gasteiger partial charge in [0.1, 0.15) is 5.75 Å². The molecule has 190 valence electrons. The van der Waals surface area contributed by atoms with Crippen molar-refractivity contribution in [3.05, 3.63) is 80.5 Å². The number of hydrogen-bond acceptors (Lipinski definition) is 8. The zero-order chi connectivity index (χ0) is 26.3. The number of Topliss-reactive ketones (excluding diaryl/α,β-unsaturated/α-hetero) is 1. The molecule has 0 radical (unpaired) electrons. The standard InChI is InChI=1S/C28H27N3O4S2/c1-5-6-13-35-19-10-8-18(9-11-19)23-22(24(32)26-16(3)29-17(4)36-26)25(33)27(34)31(23)28-30-20-12-7-15(2)14-21(20)37-28/h7-12,14,23,33H,5-6,13H2,1-4H3. The Morgan fingerprint density at radius 2 is 1.84 bits per heavy atom. The van der Waals surface area contributed by atoms with Gasteiger partial charge in [-0.25, -0.2) is 9.97 Å². The van der Waals surface area contributed by atoms with E-state index in [1.54, 1.807) is 6.92 Å². The number of unbranched alkanes of at least 4 members (excludes halogenated alkanes) is 1. The number of ether oxygens (including phenoxy) is 1. The van der Waals surface area contributed by atoms with Crippen molar-refractivity contribution in [2.75, 3.05) is 11.5 Å². The number of carbonyl (C=O) groups is 2. The van der Waals surface area contributed by atoms with E-state index in [4.69, 9.17) is 9.72 Å². The molecule has 4 aromatic rings. The summed E-state index contributed by atoms with van der Waals surface area (Å²) in [6.45, 7) is 8.30. The predicted octanol–water partition coefficient (Wildman–Crippen LogP) is 6.64. The van der Waals surface area contributed by atoms with Crippen LogP contribution in [0.25, 0.3) is 10.2 Å². The van der Waals surface area contributed by atoms with Gasteiger partial charge in [-0.05, 0) is 62.6 Å². The van der Waals surface area contributed by atoms with Crippen LogP contribution in [0.1, 0.15) is 57.3 Å². The van der Waals surface area contributed by atoms with Crippen LogP contribution in [0.4, 0.5) is 5.13 Å². The molecule has 1 unspecified atom stereocenters. The highest BCUT2D eigenvalue weighted by atomic mass is 32.1. The molecule has 1 aliphatic heterocycles. The lowest BCUT2D eigenvalue weighted by Gasteiger charge is -2.24. The second-order valence-corrected chi connectivity index (χ2v) is 11.3. The molecule has 9 heteroatoms. The molecule has 7 nitrogen and oxygen atoms in total. The van der Waals surface area contributed by atoms with Crippen LogP contribution >= 0.6 is 22.7 Å². The highest BCUT2D eigenvalue weighted by Crippen LogP contribution is 2.45. The van der Waals surface area contributed by atoms with Crippen LogP contribution in [0.5, 0.6) is 5.75 Å². The molecular formula is C28H27N3O4S2. The van der Waals surface area contributed by atoms with E-state index in [-0.39, 0.29) is 5.57 Å². The molecule has 1 amide bonds. The molecule has 0 fully saturated rings. The fourth-order valence-electron chi connectivity index (χ4n) is 4.42. The van der Waals surface area contributed by atoms with Crippen molar-refractivity contribution in [2.24, 2.45) is 0 Å². The number of thiazole rings is 2. The first-order valence-electron chi connectivity index (χ1n) is 12.1. The molecule has 2 aromatic heterocycles. The van der Waals surface area contributed by atoms with Crippen LogP contribution in [0.3, 0.4) is 0 Å². The van der Waals surface area contributed by atoms with E-state index in [9.17, 15) is 14.7 Å². The number of aliphatic hydroxyl groups excluding tert-OH is 1. The summed E-state index contributed by atoms with van der Waals surface area (Å²) in [7, 11) is 0. The van der Waals surface area contributed by atoms with E-state index in [0.29, 0.717) is 33.6 Å². The minimum absolute atomic E-state index is 0.0341. The minimum atomic E-state index is -0.840. The first-order valence-corrected chi connectivity index (χ1v) is 13.8. The molecular weight excluding hydrogens is 506 g/mol. The second-order valence-electron chi connectivity index (χ2n) is 9.06. The van der Waals surface area contributed by atoms with Crippen LogP contribution in [-0.2, 0) is 4.79 Å². The van der Waals surface area contributed by atoms with Gasteiger partial charge >= 0.3 is 0 Å². The van der Waals surface area contributed by atoms with E-state index in [2.05, 4.69) is 11.9 Å². The quantitative estimate of drug-likeness (QED) is 0.202. The third-order valence-electron chi connectivity index (χ3n) is 6.26. The molecule has 0 spiro atoms. The Morgan fingerprint density at radius 3 is 2.51 bits per heavy atom. The Kier molecular flexibility index (Phi) is 6.83. The summed E-state index contributed by atoms with van der Waals surface area (Å²) in [5.41, 5.74) is 3.13. The first-order chi connectivity index (χ1) is 17.8. The number of benzene rings is 2. The summed E-state index contributed by atoms with van der Waals surface area (Å²) in [6.07, 6.45) is 1.98. The summed E-state index contributed by atoms with van der Waals surface area (Å²) in [6, 6.07) is 12.4. The van der Waals surface area contributed by atoms with E-state index < -0.39 is 23.5 Å². The van der Waals surface area contributed by atoms with Gasteiger partial charge in [0.25, 0.3) is 5.91 Å². The van der Waals surface area contributed by atoms with Crippen molar-refractivity contribution in [1.29, 1.82) is 0 Å². The lowest BCUT2D eigenvalue weighted by atomic mass is 9.95.